The van der Waals surface area contributed by atoms with Gasteiger partial charge in [0.15, 0.2) is 0 Å². The molecular weight excluding hydrogens is 268 g/mol. The van der Waals surface area contributed by atoms with Crippen LogP contribution in [0.4, 0.5) is 0 Å². The molecule has 6 heteroatoms. The number of aliphatic hydroxyl groups excluding tert-OH is 1. The highest BCUT2D eigenvalue weighted by Crippen LogP contribution is 2.24. The van der Waals surface area contributed by atoms with Crippen LogP contribution in [0.3, 0.4) is 0 Å². The summed E-state index contributed by atoms with van der Waals surface area (Å²) in [6.07, 6.45) is 4.01. The first-order valence-corrected chi connectivity index (χ1v) is 7.17. The average molecular weight is 286 g/mol. The summed E-state index contributed by atoms with van der Waals surface area (Å²) in [5.74, 6) is -0.0136. The molecule has 2 N–H and O–H groups in total. The van der Waals surface area contributed by atoms with Crippen LogP contribution in [0, 0.1) is 5.92 Å². The summed E-state index contributed by atoms with van der Waals surface area (Å²) in [6.45, 7) is 0.472. The van der Waals surface area contributed by atoms with Gasteiger partial charge in [0.2, 0.25) is 5.82 Å². The highest BCUT2D eigenvalue weighted by molar-refractivity contribution is 5.90. The second-order valence-corrected chi connectivity index (χ2v) is 5.32. The molecule has 110 valence electrons. The van der Waals surface area contributed by atoms with E-state index in [0.29, 0.717) is 6.54 Å². The third kappa shape index (κ3) is 3.11. The minimum absolute atomic E-state index is 0.144. The highest BCUT2D eigenvalue weighted by atomic mass is 16.3. The van der Waals surface area contributed by atoms with Crippen LogP contribution in [0.1, 0.15) is 29.9 Å². The molecule has 1 aliphatic rings. The monoisotopic (exact) mass is 286 g/mol. The molecule has 3 rings (SSSR count). The molecule has 1 aliphatic carbocycles. The van der Waals surface area contributed by atoms with Crippen molar-refractivity contribution in [2.24, 2.45) is 5.92 Å². The fraction of sp³-hybridized carbons (Fsp3) is 0.400. The van der Waals surface area contributed by atoms with E-state index in [2.05, 4.69) is 15.4 Å². The van der Waals surface area contributed by atoms with Crippen molar-refractivity contribution in [3.63, 3.8) is 0 Å². The molecule has 1 aromatic carbocycles. The van der Waals surface area contributed by atoms with Crippen molar-refractivity contribution in [2.45, 2.75) is 25.4 Å². The van der Waals surface area contributed by atoms with E-state index in [0.717, 1.165) is 24.9 Å². The van der Waals surface area contributed by atoms with Crippen LogP contribution >= 0.6 is 0 Å². The van der Waals surface area contributed by atoms with E-state index in [1.807, 2.05) is 30.3 Å². The summed E-state index contributed by atoms with van der Waals surface area (Å²) < 4.78 is 1.57. The quantitative estimate of drug-likeness (QED) is 0.884. The van der Waals surface area contributed by atoms with Crippen molar-refractivity contribution in [2.75, 3.05) is 6.54 Å². The number of aliphatic hydroxyl groups is 1. The van der Waals surface area contributed by atoms with Crippen LogP contribution in [-0.2, 0) is 0 Å². The van der Waals surface area contributed by atoms with E-state index >= 15 is 0 Å². The van der Waals surface area contributed by atoms with Crippen molar-refractivity contribution in [3.05, 3.63) is 42.5 Å². The van der Waals surface area contributed by atoms with Crippen molar-refractivity contribution in [1.82, 2.24) is 20.1 Å². The van der Waals surface area contributed by atoms with Gasteiger partial charge in [-0.2, -0.15) is 0 Å². The molecule has 2 aromatic rings. The van der Waals surface area contributed by atoms with Crippen LogP contribution in [0.15, 0.2) is 36.7 Å². The van der Waals surface area contributed by atoms with Gasteiger partial charge in [0.05, 0.1) is 11.8 Å². The van der Waals surface area contributed by atoms with E-state index < -0.39 is 0 Å². The van der Waals surface area contributed by atoms with Gasteiger partial charge < -0.3 is 10.4 Å². The van der Waals surface area contributed by atoms with Crippen molar-refractivity contribution >= 4 is 5.91 Å². The van der Waals surface area contributed by atoms with Gasteiger partial charge in [-0.3, -0.25) is 4.79 Å². The van der Waals surface area contributed by atoms with E-state index in [4.69, 9.17) is 0 Å². The van der Waals surface area contributed by atoms with Gasteiger partial charge >= 0.3 is 0 Å². The Morgan fingerprint density at radius 3 is 2.86 bits per heavy atom. The molecule has 1 heterocycles. The zero-order valence-electron chi connectivity index (χ0n) is 11.6. The van der Waals surface area contributed by atoms with Crippen LogP contribution in [0.2, 0.25) is 0 Å². The zero-order valence-corrected chi connectivity index (χ0v) is 11.6. The lowest BCUT2D eigenvalue weighted by atomic mass is 10.1. The number of amides is 1. The number of benzene rings is 1. The molecule has 6 nitrogen and oxygen atoms in total. The number of hydrogen-bond donors (Lipinski definition) is 2. The maximum atomic E-state index is 12.0. The van der Waals surface area contributed by atoms with Gasteiger partial charge in [0, 0.05) is 12.5 Å². The molecule has 1 saturated carbocycles. The second kappa shape index (κ2) is 6.05. The Kier molecular flexibility index (Phi) is 3.96. The number of nitrogens with zero attached hydrogens (tertiary/aromatic N) is 3. The third-order valence-corrected chi connectivity index (χ3v) is 3.86. The van der Waals surface area contributed by atoms with Crippen molar-refractivity contribution in [3.8, 4) is 5.69 Å². The van der Waals surface area contributed by atoms with Crippen LogP contribution in [0.5, 0.6) is 0 Å². The summed E-state index contributed by atoms with van der Waals surface area (Å²) in [5, 5.41) is 16.7. The lowest BCUT2D eigenvalue weighted by Crippen LogP contribution is -2.33. The number of carbonyl (C=O) groups excluding carboxylic acids is 1. The minimum Gasteiger partial charge on any atom is -0.393 e. The number of para-hydroxylation sites is 1. The Hall–Kier alpha value is -2.21. The molecule has 0 spiro atoms. The predicted molar refractivity (Wildman–Crippen MR) is 77.0 cm³/mol. The molecule has 1 aromatic heterocycles. The topological polar surface area (TPSA) is 80.0 Å². The van der Waals surface area contributed by atoms with Gasteiger partial charge in [-0.05, 0) is 25.0 Å². The Morgan fingerprint density at radius 2 is 2.14 bits per heavy atom. The smallest absolute Gasteiger partial charge is 0.290 e. The van der Waals surface area contributed by atoms with Gasteiger partial charge in [-0.1, -0.05) is 24.6 Å². The molecule has 21 heavy (non-hydrogen) atoms. The van der Waals surface area contributed by atoms with Gasteiger partial charge in [-0.15, -0.1) is 5.10 Å². The average Bonchev–Trinajstić information content (AvgIpc) is 3.15. The maximum absolute atomic E-state index is 12.0. The highest BCUT2D eigenvalue weighted by Gasteiger charge is 2.25. The van der Waals surface area contributed by atoms with Crippen LogP contribution < -0.4 is 5.32 Å². The summed E-state index contributed by atoms with van der Waals surface area (Å²) >= 11 is 0. The second-order valence-electron chi connectivity index (χ2n) is 5.32. The molecule has 2 unspecified atom stereocenters. The van der Waals surface area contributed by atoms with Crippen molar-refractivity contribution in [1.29, 1.82) is 0 Å². The molecule has 0 radical (unpaired) electrons. The Morgan fingerprint density at radius 1 is 1.33 bits per heavy atom. The predicted octanol–water partition coefficient (Wildman–Crippen LogP) is 1.16. The van der Waals surface area contributed by atoms with E-state index in [1.165, 1.54) is 6.33 Å². The van der Waals surface area contributed by atoms with Gasteiger partial charge in [0.1, 0.15) is 6.33 Å². The zero-order chi connectivity index (χ0) is 14.7. The molecule has 1 fully saturated rings. The first kappa shape index (κ1) is 13.8. The van der Waals surface area contributed by atoms with Crippen molar-refractivity contribution < 1.29 is 9.90 Å². The summed E-state index contributed by atoms with van der Waals surface area (Å²) in [5.41, 5.74) is 0.857. The first-order valence-electron chi connectivity index (χ1n) is 7.17. The Labute approximate surface area is 122 Å². The SMILES string of the molecule is O=C(NCC1CCCC1O)c1ncn(-c2ccccc2)n1. The fourth-order valence-corrected chi connectivity index (χ4v) is 2.63. The summed E-state index contributed by atoms with van der Waals surface area (Å²) in [6, 6.07) is 9.51. The number of rotatable bonds is 4. The van der Waals surface area contributed by atoms with E-state index in [1.54, 1.807) is 4.68 Å². The number of hydrogen-bond acceptors (Lipinski definition) is 4. The molecule has 0 bridgehead atoms. The lowest BCUT2D eigenvalue weighted by Gasteiger charge is -2.14. The normalized spacial score (nSPS) is 21.4. The van der Waals surface area contributed by atoms with Crippen LogP contribution in [0.25, 0.3) is 5.69 Å². The first-order chi connectivity index (χ1) is 10.2. The Balaban J connectivity index is 1.62. The molecule has 0 aliphatic heterocycles. The largest absolute Gasteiger partial charge is 0.393 e. The standard InChI is InChI=1S/C15H18N4O2/c20-13-8-4-5-11(13)9-16-15(21)14-17-10-19(18-14)12-6-2-1-3-7-12/h1-3,6-7,10-11,13,20H,4-5,8-9H2,(H,16,21). The lowest BCUT2D eigenvalue weighted by molar-refractivity contribution is 0.0907. The molecule has 1 amide bonds. The molecule has 2 atom stereocenters. The maximum Gasteiger partial charge on any atom is 0.290 e. The van der Waals surface area contributed by atoms with E-state index in [-0.39, 0.29) is 23.8 Å². The fourth-order valence-electron chi connectivity index (χ4n) is 2.63. The Bertz CT molecular complexity index is 611. The van der Waals surface area contributed by atoms with Crippen LogP contribution in [-0.4, -0.2) is 38.4 Å². The number of carbonyl (C=O) groups is 1. The number of aromatic nitrogens is 3. The molecule has 0 saturated heterocycles. The molecular formula is C15H18N4O2. The number of nitrogens with one attached hydrogen (secondary N) is 1. The summed E-state index contributed by atoms with van der Waals surface area (Å²) in [4.78, 5) is 16.1. The van der Waals surface area contributed by atoms with E-state index in [9.17, 15) is 9.90 Å². The van der Waals surface area contributed by atoms with Gasteiger partial charge in [0.25, 0.3) is 5.91 Å². The minimum atomic E-state index is -0.305. The third-order valence-electron chi connectivity index (χ3n) is 3.86. The van der Waals surface area contributed by atoms with Gasteiger partial charge in [-0.25, -0.2) is 9.67 Å². The summed E-state index contributed by atoms with van der Waals surface area (Å²) in [7, 11) is 0.